The number of hydrogen-bond acceptors (Lipinski definition) is 3. The first-order valence-corrected chi connectivity index (χ1v) is 8.03. The minimum atomic E-state index is 0.489. The van der Waals surface area contributed by atoms with Gasteiger partial charge in [-0.15, -0.1) is 11.8 Å². The molecule has 0 saturated heterocycles. The number of imidazole rings is 1. The van der Waals surface area contributed by atoms with Crippen LogP contribution in [0.5, 0.6) is 0 Å². The molecule has 0 spiro atoms. The molecule has 104 valence electrons. The Morgan fingerprint density at radius 2 is 2.21 bits per heavy atom. The zero-order chi connectivity index (χ0) is 13.7. The van der Waals surface area contributed by atoms with E-state index in [0.29, 0.717) is 6.04 Å². The molecule has 0 fully saturated rings. The molecule has 3 nitrogen and oxygen atoms in total. The lowest BCUT2D eigenvalue weighted by molar-refractivity contribution is 0.574. The van der Waals surface area contributed by atoms with Crippen molar-refractivity contribution in [2.24, 2.45) is 0 Å². The second-order valence-electron chi connectivity index (χ2n) is 5.03. The smallest absolute Gasteiger partial charge is 0.138 e. The average Bonchev–Trinajstić information content (AvgIpc) is 2.74. The van der Waals surface area contributed by atoms with Gasteiger partial charge in [0.25, 0.3) is 0 Å². The van der Waals surface area contributed by atoms with E-state index < -0.39 is 0 Å². The van der Waals surface area contributed by atoms with Crippen molar-refractivity contribution in [2.75, 3.05) is 5.75 Å². The maximum Gasteiger partial charge on any atom is 0.138 e. The van der Waals surface area contributed by atoms with Crippen LogP contribution in [0.2, 0.25) is 0 Å². The van der Waals surface area contributed by atoms with E-state index in [1.165, 1.54) is 23.6 Å². The number of thioether (sulfide) groups is 1. The standard InChI is InChI=1S/C15H23N3S/c1-4-5-10-19-15-13(11-16-12(2)3)18-9-7-6-8-14(18)17-15/h6-9,12,16H,4-5,10-11H2,1-3H3. The molecule has 2 aromatic rings. The minimum absolute atomic E-state index is 0.489. The molecule has 0 bridgehead atoms. The van der Waals surface area contributed by atoms with Crippen LogP contribution in [-0.4, -0.2) is 21.2 Å². The number of unbranched alkanes of at least 4 members (excludes halogenated alkanes) is 1. The van der Waals surface area contributed by atoms with Gasteiger partial charge in [0.2, 0.25) is 0 Å². The van der Waals surface area contributed by atoms with E-state index in [-0.39, 0.29) is 0 Å². The number of hydrogen-bond donors (Lipinski definition) is 1. The number of nitrogens with one attached hydrogen (secondary N) is 1. The van der Waals surface area contributed by atoms with Crippen LogP contribution in [0.25, 0.3) is 5.65 Å². The van der Waals surface area contributed by atoms with Crippen LogP contribution in [0, 0.1) is 0 Å². The molecule has 2 heterocycles. The van der Waals surface area contributed by atoms with Gasteiger partial charge in [0.05, 0.1) is 5.69 Å². The quantitative estimate of drug-likeness (QED) is 0.618. The first kappa shape index (κ1) is 14.4. The second kappa shape index (κ2) is 6.96. The summed E-state index contributed by atoms with van der Waals surface area (Å²) in [5.74, 6) is 1.15. The Kier molecular flexibility index (Phi) is 5.28. The van der Waals surface area contributed by atoms with Crippen LogP contribution < -0.4 is 5.32 Å². The third kappa shape index (κ3) is 3.74. The van der Waals surface area contributed by atoms with Crippen LogP contribution >= 0.6 is 11.8 Å². The average molecular weight is 277 g/mol. The molecule has 0 aliphatic heterocycles. The Bertz CT molecular complexity index is 519. The zero-order valence-electron chi connectivity index (χ0n) is 12.0. The van der Waals surface area contributed by atoms with E-state index in [1.54, 1.807) is 0 Å². The molecule has 0 aromatic carbocycles. The summed E-state index contributed by atoms with van der Waals surface area (Å²) in [6.07, 6.45) is 4.58. The SMILES string of the molecule is CCCCSc1nc2ccccn2c1CNC(C)C. The predicted molar refractivity (Wildman–Crippen MR) is 82.8 cm³/mol. The Morgan fingerprint density at radius 1 is 1.37 bits per heavy atom. The molecular formula is C15H23N3S. The largest absolute Gasteiger partial charge is 0.309 e. The molecule has 2 aromatic heterocycles. The summed E-state index contributed by atoms with van der Waals surface area (Å²) in [7, 11) is 0. The van der Waals surface area contributed by atoms with Crippen LogP contribution in [0.3, 0.4) is 0 Å². The maximum atomic E-state index is 4.75. The summed E-state index contributed by atoms with van der Waals surface area (Å²) in [6, 6.07) is 6.67. The van der Waals surface area contributed by atoms with E-state index in [9.17, 15) is 0 Å². The van der Waals surface area contributed by atoms with Gasteiger partial charge < -0.3 is 9.72 Å². The first-order valence-electron chi connectivity index (χ1n) is 7.04. The van der Waals surface area contributed by atoms with Gasteiger partial charge >= 0.3 is 0 Å². The first-order chi connectivity index (χ1) is 9.22. The number of fused-ring (bicyclic) bond motifs is 1. The molecule has 0 saturated carbocycles. The highest BCUT2D eigenvalue weighted by Crippen LogP contribution is 2.24. The highest BCUT2D eigenvalue weighted by atomic mass is 32.2. The van der Waals surface area contributed by atoms with E-state index in [1.807, 2.05) is 17.8 Å². The van der Waals surface area contributed by atoms with E-state index >= 15 is 0 Å². The summed E-state index contributed by atoms with van der Waals surface area (Å²) < 4.78 is 2.20. The number of aromatic nitrogens is 2. The summed E-state index contributed by atoms with van der Waals surface area (Å²) in [5.41, 5.74) is 2.33. The van der Waals surface area contributed by atoms with Gasteiger partial charge in [-0.2, -0.15) is 0 Å². The third-order valence-corrected chi connectivity index (χ3v) is 4.10. The number of rotatable bonds is 7. The molecule has 0 aliphatic carbocycles. The van der Waals surface area contributed by atoms with Gasteiger partial charge in [-0.05, 0) is 24.3 Å². The number of nitrogens with zero attached hydrogens (tertiary/aromatic N) is 2. The zero-order valence-corrected chi connectivity index (χ0v) is 12.8. The molecule has 0 aliphatic rings. The van der Waals surface area contributed by atoms with Gasteiger partial charge in [0.1, 0.15) is 10.7 Å². The highest BCUT2D eigenvalue weighted by molar-refractivity contribution is 7.99. The van der Waals surface area contributed by atoms with E-state index in [0.717, 1.165) is 17.9 Å². The van der Waals surface area contributed by atoms with Crippen LogP contribution in [0.1, 0.15) is 39.3 Å². The Labute approximate surface area is 119 Å². The molecule has 2 rings (SSSR count). The van der Waals surface area contributed by atoms with Crippen LogP contribution in [-0.2, 0) is 6.54 Å². The van der Waals surface area contributed by atoms with Gasteiger partial charge in [0, 0.05) is 18.8 Å². The topological polar surface area (TPSA) is 29.3 Å². The predicted octanol–water partition coefficient (Wildman–Crippen LogP) is 3.72. The highest BCUT2D eigenvalue weighted by Gasteiger charge is 2.12. The maximum absolute atomic E-state index is 4.75. The normalized spacial score (nSPS) is 11.6. The van der Waals surface area contributed by atoms with Gasteiger partial charge in [-0.1, -0.05) is 33.3 Å². The van der Waals surface area contributed by atoms with E-state index in [4.69, 9.17) is 4.98 Å². The van der Waals surface area contributed by atoms with Crippen molar-refractivity contribution in [3.05, 3.63) is 30.1 Å². The summed E-state index contributed by atoms with van der Waals surface area (Å²) in [4.78, 5) is 4.75. The Morgan fingerprint density at radius 3 is 2.95 bits per heavy atom. The van der Waals surface area contributed by atoms with Crippen molar-refractivity contribution in [2.45, 2.75) is 51.2 Å². The lowest BCUT2D eigenvalue weighted by atomic mass is 10.3. The lowest BCUT2D eigenvalue weighted by Gasteiger charge is -2.09. The summed E-state index contributed by atoms with van der Waals surface area (Å²) >= 11 is 1.88. The van der Waals surface area contributed by atoms with Crippen molar-refractivity contribution in [1.82, 2.24) is 14.7 Å². The van der Waals surface area contributed by atoms with Gasteiger partial charge in [-0.25, -0.2) is 4.98 Å². The van der Waals surface area contributed by atoms with Crippen molar-refractivity contribution in [1.29, 1.82) is 0 Å². The van der Waals surface area contributed by atoms with Crippen molar-refractivity contribution >= 4 is 17.4 Å². The monoisotopic (exact) mass is 277 g/mol. The van der Waals surface area contributed by atoms with Gasteiger partial charge in [0.15, 0.2) is 0 Å². The minimum Gasteiger partial charge on any atom is -0.309 e. The molecule has 4 heteroatoms. The Hall–Kier alpha value is -1.00. The molecule has 0 unspecified atom stereocenters. The summed E-state index contributed by atoms with van der Waals surface area (Å²) in [6.45, 7) is 7.45. The number of pyridine rings is 1. The van der Waals surface area contributed by atoms with Crippen molar-refractivity contribution < 1.29 is 0 Å². The fraction of sp³-hybridized carbons (Fsp3) is 0.533. The fourth-order valence-electron chi connectivity index (χ4n) is 1.92. The van der Waals surface area contributed by atoms with Crippen LogP contribution in [0.15, 0.2) is 29.4 Å². The molecule has 0 atom stereocenters. The van der Waals surface area contributed by atoms with Crippen molar-refractivity contribution in [3.63, 3.8) is 0 Å². The Balaban J connectivity index is 2.23. The second-order valence-corrected chi connectivity index (χ2v) is 6.11. The molecular weight excluding hydrogens is 254 g/mol. The van der Waals surface area contributed by atoms with Crippen molar-refractivity contribution in [3.8, 4) is 0 Å². The summed E-state index contributed by atoms with van der Waals surface area (Å²) in [5, 5.41) is 4.67. The molecule has 1 N–H and O–H groups in total. The third-order valence-electron chi connectivity index (χ3n) is 3.01. The molecule has 19 heavy (non-hydrogen) atoms. The lowest BCUT2D eigenvalue weighted by Crippen LogP contribution is -2.23. The van der Waals surface area contributed by atoms with E-state index in [2.05, 4.69) is 48.8 Å². The molecule has 0 radical (unpaired) electrons. The van der Waals surface area contributed by atoms with Gasteiger partial charge in [-0.3, -0.25) is 0 Å². The molecule has 0 amide bonds. The fourth-order valence-corrected chi connectivity index (χ4v) is 3.04. The van der Waals surface area contributed by atoms with Crippen LogP contribution in [0.4, 0.5) is 0 Å².